The minimum atomic E-state index is 0.505. The predicted molar refractivity (Wildman–Crippen MR) is 88.5 cm³/mol. The zero-order valence-corrected chi connectivity index (χ0v) is 13.2. The molecule has 108 valence electrons. The van der Waals surface area contributed by atoms with Crippen LogP contribution in [0.4, 0.5) is 0 Å². The molecule has 0 aromatic heterocycles. The Morgan fingerprint density at radius 3 is 2.62 bits per heavy atom. The average molecular weight is 318 g/mol. The lowest BCUT2D eigenvalue weighted by atomic mass is 9.73. The molecule has 1 aliphatic carbocycles. The number of hydrogen-bond donors (Lipinski definition) is 1. The van der Waals surface area contributed by atoms with Crippen molar-refractivity contribution in [3.05, 3.63) is 69.2 Å². The number of nitrogens with one attached hydrogen (secondary N) is 1. The fraction of sp³-hybridized carbons (Fsp3) is 0.333. The number of halogens is 2. The summed E-state index contributed by atoms with van der Waals surface area (Å²) in [6.07, 6.45) is 2.16. The van der Waals surface area contributed by atoms with Crippen LogP contribution in [0.2, 0.25) is 10.0 Å². The van der Waals surface area contributed by atoms with Gasteiger partial charge in [0.15, 0.2) is 0 Å². The second-order valence-electron chi connectivity index (χ2n) is 6.03. The lowest BCUT2D eigenvalue weighted by molar-refractivity contribution is 0.467. The van der Waals surface area contributed by atoms with Gasteiger partial charge in [0.1, 0.15) is 0 Å². The summed E-state index contributed by atoms with van der Waals surface area (Å²) in [7, 11) is 0. The number of hydrogen-bond acceptors (Lipinski definition) is 1. The third-order valence-corrected chi connectivity index (χ3v) is 5.83. The molecule has 2 aromatic rings. The second kappa shape index (κ2) is 5.31. The van der Waals surface area contributed by atoms with E-state index in [9.17, 15) is 0 Å². The summed E-state index contributed by atoms with van der Waals surface area (Å²) in [5, 5.41) is 5.14. The number of benzene rings is 2. The first-order chi connectivity index (χ1) is 10.3. The third-order valence-electron chi connectivity index (χ3n) is 4.99. The number of fused-ring (bicyclic) bond motifs is 3. The molecule has 3 heteroatoms. The molecule has 0 bridgehead atoms. The monoisotopic (exact) mass is 317 g/mol. The largest absolute Gasteiger partial charge is 0.313 e. The highest BCUT2D eigenvalue weighted by molar-refractivity contribution is 6.42. The Morgan fingerprint density at radius 2 is 1.81 bits per heavy atom. The smallest absolute Gasteiger partial charge is 0.0627 e. The fourth-order valence-electron chi connectivity index (χ4n) is 4.03. The Balaban J connectivity index is 1.81. The van der Waals surface area contributed by atoms with Crippen molar-refractivity contribution in [1.29, 1.82) is 0 Å². The quantitative estimate of drug-likeness (QED) is 0.798. The summed E-state index contributed by atoms with van der Waals surface area (Å²) in [4.78, 5) is 0. The Kier molecular flexibility index (Phi) is 3.45. The lowest BCUT2D eigenvalue weighted by Gasteiger charge is -2.32. The minimum absolute atomic E-state index is 0.505. The zero-order valence-electron chi connectivity index (χ0n) is 11.7. The average Bonchev–Trinajstić information content (AvgIpc) is 2.96. The molecule has 0 spiro atoms. The molecule has 1 heterocycles. The molecule has 1 saturated heterocycles. The summed E-state index contributed by atoms with van der Waals surface area (Å²) in [5.41, 5.74) is 4.06. The molecule has 0 radical (unpaired) electrons. The molecule has 2 aromatic carbocycles. The first-order valence-corrected chi connectivity index (χ1v) is 8.26. The van der Waals surface area contributed by atoms with E-state index in [0.29, 0.717) is 22.9 Å². The van der Waals surface area contributed by atoms with E-state index in [0.717, 1.165) is 24.4 Å². The standard InChI is InChI=1S/C18H17Cl2N/c19-15-8-6-12-13(18(15)20)7-9-16-17(12)14(10-21-16)11-4-2-1-3-5-11/h1-6,8,14,16-17,21H,7,9-10H2/t14-,16-,17-/m1/s1. The van der Waals surface area contributed by atoms with E-state index in [-0.39, 0.29) is 0 Å². The van der Waals surface area contributed by atoms with Gasteiger partial charge in [-0.15, -0.1) is 0 Å². The maximum atomic E-state index is 6.44. The van der Waals surface area contributed by atoms with Gasteiger partial charge in [-0.05, 0) is 35.6 Å². The maximum Gasteiger partial charge on any atom is 0.0627 e. The van der Waals surface area contributed by atoms with Crippen LogP contribution in [0.3, 0.4) is 0 Å². The van der Waals surface area contributed by atoms with Gasteiger partial charge in [0.05, 0.1) is 10.0 Å². The first kappa shape index (κ1) is 13.6. The predicted octanol–water partition coefficient (Wildman–Crippen LogP) is 4.78. The molecular weight excluding hydrogens is 301 g/mol. The van der Waals surface area contributed by atoms with Crippen LogP contribution in [0, 0.1) is 0 Å². The van der Waals surface area contributed by atoms with E-state index in [2.05, 4.69) is 41.7 Å². The molecule has 0 amide bonds. The van der Waals surface area contributed by atoms with E-state index < -0.39 is 0 Å². The van der Waals surface area contributed by atoms with E-state index in [1.807, 2.05) is 6.07 Å². The van der Waals surface area contributed by atoms with Crippen LogP contribution in [0.1, 0.15) is 34.9 Å². The van der Waals surface area contributed by atoms with Gasteiger partial charge >= 0.3 is 0 Å². The van der Waals surface area contributed by atoms with Gasteiger partial charge in [-0.2, -0.15) is 0 Å². The molecule has 1 fully saturated rings. The molecule has 1 nitrogen and oxygen atoms in total. The van der Waals surface area contributed by atoms with Crippen molar-refractivity contribution >= 4 is 23.2 Å². The van der Waals surface area contributed by atoms with Crippen molar-refractivity contribution in [2.75, 3.05) is 6.54 Å². The van der Waals surface area contributed by atoms with Gasteiger partial charge in [0, 0.05) is 24.4 Å². The number of rotatable bonds is 1. The van der Waals surface area contributed by atoms with E-state index >= 15 is 0 Å². The van der Waals surface area contributed by atoms with Crippen molar-refractivity contribution < 1.29 is 0 Å². The Labute approximate surface area is 135 Å². The summed E-state index contributed by atoms with van der Waals surface area (Å²) in [6, 6.07) is 15.5. The van der Waals surface area contributed by atoms with Crippen molar-refractivity contribution in [2.45, 2.75) is 30.7 Å². The van der Waals surface area contributed by atoms with Gasteiger partial charge in [0.2, 0.25) is 0 Å². The van der Waals surface area contributed by atoms with Crippen LogP contribution in [-0.2, 0) is 6.42 Å². The van der Waals surface area contributed by atoms with Crippen molar-refractivity contribution in [2.24, 2.45) is 0 Å². The van der Waals surface area contributed by atoms with Crippen LogP contribution in [0.15, 0.2) is 42.5 Å². The fourth-order valence-corrected chi connectivity index (χ4v) is 4.47. The van der Waals surface area contributed by atoms with Crippen molar-refractivity contribution in [3.8, 4) is 0 Å². The minimum Gasteiger partial charge on any atom is -0.313 e. The highest BCUT2D eigenvalue weighted by atomic mass is 35.5. The summed E-state index contributed by atoms with van der Waals surface area (Å²) < 4.78 is 0. The highest BCUT2D eigenvalue weighted by Gasteiger charge is 2.41. The van der Waals surface area contributed by atoms with Crippen LogP contribution in [0.25, 0.3) is 0 Å². The Bertz CT molecular complexity index is 668. The highest BCUT2D eigenvalue weighted by Crippen LogP contribution is 2.47. The van der Waals surface area contributed by atoms with Crippen LogP contribution < -0.4 is 5.32 Å². The molecule has 0 unspecified atom stereocenters. The summed E-state index contributed by atoms with van der Waals surface area (Å²) in [5.74, 6) is 1.03. The molecule has 1 N–H and O–H groups in total. The van der Waals surface area contributed by atoms with Crippen LogP contribution in [0.5, 0.6) is 0 Å². The van der Waals surface area contributed by atoms with E-state index in [1.165, 1.54) is 16.7 Å². The van der Waals surface area contributed by atoms with Crippen molar-refractivity contribution in [3.63, 3.8) is 0 Å². The van der Waals surface area contributed by atoms with Gasteiger partial charge in [-0.25, -0.2) is 0 Å². The second-order valence-corrected chi connectivity index (χ2v) is 6.81. The van der Waals surface area contributed by atoms with Crippen LogP contribution in [-0.4, -0.2) is 12.6 Å². The Morgan fingerprint density at radius 1 is 1.00 bits per heavy atom. The molecule has 0 saturated carbocycles. The molecular formula is C18H17Cl2N. The van der Waals surface area contributed by atoms with E-state index in [4.69, 9.17) is 23.2 Å². The van der Waals surface area contributed by atoms with Gasteiger partial charge in [-0.3, -0.25) is 0 Å². The third kappa shape index (κ3) is 2.19. The molecule has 4 rings (SSSR count). The van der Waals surface area contributed by atoms with Crippen LogP contribution >= 0.6 is 23.2 Å². The summed E-state index contributed by atoms with van der Waals surface area (Å²) >= 11 is 12.6. The lowest BCUT2D eigenvalue weighted by Crippen LogP contribution is -2.30. The molecule has 3 atom stereocenters. The van der Waals surface area contributed by atoms with E-state index in [1.54, 1.807) is 0 Å². The zero-order chi connectivity index (χ0) is 14.4. The van der Waals surface area contributed by atoms with Gasteiger partial charge < -0.3 is 5.32 Å². The molecule has 1 aliphatic heterocycles. The molecule has 21 heavy (non-hydrogen) atoms. The van der Waals surface area contributed by atoms with Gasteiger partial charge in [0.25, 0.3) is 0 Å². The normalized spacial score (nSPS) is 27.2. The topological polar surface area (TPSA) is 12.0 Å². The maximum absolute atomic E-state index is 6.44. The Hall–Kier alpha value is -1.02. The SMILES string of the molecule is Clc1ccc2c(c1Cl)CC[C@H]1NC[C@H](c3ccccc3)[C@@H]21. The van der Waals surface area contributed by atoms with Gasteiger partial charge in [-0.1, -0.05) is 59.6 Å². The summed E-state index contributed by atoms with van der Waals surface area (Å²) in [6.45, 7) is 1.04. The van der Waals surface area contributed by atoms with Crippen molar-refractivity contribution in [1.82, 2.24) is 5.32 Å². The molecule has 2 aliphatic rings. The first-order valence-electron chi connectivity index (χ1n) is 7.51.